The summed E-state index contributed by atoms with van der Waals surface area (Å²) in [5.74, 6) is 0.570. The van der Waals surface area contributed by atoms with E-state index in [-0.39, 0.29) is 4.99 Å². The number of hydrogen-bond acceptors (Lipinski definition) is 2. The van der Waals surface area contributed by atoms with Crippen molar-refractivity contribution in [2.75, 3.05) is 18.0 Å². The Hall–Kier alpha value is -1.30. The van der Waals surface area contributed by atoms with Crippen LogP contribution in [0.5, 0.6) is 0 Å². The molecule has 6 heteroatoms. The molecule has 1 unspecified atom stereocenters. The lowest BCUT2D eigenvalue weighted by Crippen LogP contribution is -2.36. The number of piperidine rings is 1. The summed E-state index contributed by atoms with van der Waals surface area (Å²) in [5, 5.41) is 0. The van der Waals surface area contributed by atoms with Crippen molar-refractivity contribution in [2.24, 2.45) is 11.7 Å². The van der Waals surface area contributed by atoms with E-state index in [0.717, 1.165) is 44.5 Å². The van der Waals surface area contributed by atoms with Gasteiger partial charge < -0.3 is 10.6 Å². The summed E-state index contributed by atoms with van der Waals surface area (Å²) >= 11 is 4.94. The Labute approximate surface area is 128 Å². The molecule has 0 saturated carbocycles. The van der Waals surface area contributed by atoms with Gasteiger partial charge in [-0.2, -0.15) is 13.2 Å². The maximum atomic E-state index is 12.8. The fourth-order valence-corrected chi connectivity index (χ4v) is 2.97. The molecule has 1 aromatic rings. The van der Waals surface area contributed by atoms with Gasteiger partial charge in [0.1, 0.15) is 4.99 Å². The first kappa shape index (κ1) is 16.1. The van der Waals surface area contributed by atoms with Crippen molar-refractivity contribution in [3.63, 3.8) is 0 Å². The van der Waals surface area contributed by atoms with Crippen molar-refractivity contribution in [3.05, 3.63) is 29.3 Å². The maximum Gasteiger partial charge on any atom is 0.416 e. The molecule has 1 saturated heterocycles. The van der Waals surface area contributed by atoms with Gasteiger partial charge >= 0.3 is 6.18 Å². The van der Waals surface area contributed by atoms with E-state index >= 15 is 0 Å². The molecule has 1 aromatic carbocycles. The van der Waals surface area contributed by atoms with E-state index in [1.54, 1.807) is 0 Å². The largest absolute Gasteiger partial charge is 0.416 e. The third kappa shape index (κ3) is 3.67. The van der Waals surface area contributed by atoms with Gasteiger partial charge in [-0.3, -0.25) is 0 Å². The number of rotatable bonds is 3. The Bertz CT molecular complexity index is 528. The first-order valence-electron chi connectivity index (χ1n) is 7.09. The van der Waals surface area contributed by atoms with E-state index < -0.39 is 11.7 Å². The number of thiocarbonyl (C=S) groups is 1. The molecule has 2 nitrogen and oxygen atoms in total. The van der Waals surface area contributed by atoms with E-state index in [2.05, 4.69) is 11.8 Å². The minimum Gasteiger partial charge on any atom is -0.389 e. The van der Waals surface area contributed by atoms with Crippen LogP contribution in [0.3, 0.4) is 0 Å². The zero-order chi connectivity index (χ0) is 15.6. The van der Waals surface area contributed by atoms with E-state index in [1.807, 2.05) is 0 Å². The highest BCUT2D eigenvalue weighted by Crippen LogP contribution is 2.34. The van der Waals surface area contributed by atoms with Gasteiger partial charge in [-0.25, -0.2) is 0 Å². The smallest absolute Gasteiger partial charge is 0.389 e. The van der Waals surface area contributed by atoms with Gasteiger partial charge in [-0.15, -0.1) is 0 Å². The molecular weight excluding hydrogens is 297 g/mol. The number of anilines is 1. The van der Waals surface area contributed by atoms with E-state index in [1.165, 1.54) is 6.07 Å². The van der Waals surface area contributed by atoms with Crippen LogP contribution in [0.2, 0.25) is 0 Å². The molecule has 1 fully saturated rings. The lowest BCUT2D eigenvalue weighted by atomic mass is 9.94. The summed E-state index contributed by atoms with van der Waals surface area (Å²) in [6, 6.07) is 3.66. The van der Waals surface area contributed by atoms with Gasteiger partial charge in [0, 0.05) is 24.3 Å². The first-order chi connectivity index (χ1) is 9.82. The molecule has 1 atom stereocenters. The number of nitrogens with zero attached hydrogens (tertiary/aromatic N) is 1. The van der Waals surface area contributed by atoms with Crippen LogP contribution in [0, 0.1) is 5.92 Å². The highest BCUT2D eigenvalue weighted by Gasteiger charge is 2.32. The zero-order valence-electron chi connectivity index (χ0n) is 11.9. The molecule has 116 valence electrons. The normalized spacial score (nSPS) is 19.6. The molecule has 2 rings (SSSR count). The van der Waals surface area contributed by atoms with Crippen LogP contribution in [0.15, 0.2) is 18.2 Å². The second kappa shape index (κ2) is 6.22. The first-order valence-corrected chi connectivity index (χ1v) is 7.49. The van der Waals surface area contributed by atoms with E-state index in [4.69, 9.17) is 18.0 Å². The Balaban J connectivity index is 2.37. The van der Waals surface area contributed by atoms with E-state index in [9.17, 15) is 13.2 Å². The van der Waals surface area contributed by atoms with Crippen molar-refractivity contribution >= 4 is 22.9 Å². The van der Waals surface area contributed by atoms with Crippen molar-refractivity contribution in [1.29, 1.82) is 0 Å². The number of benzene rings is 1. The molecule has 21 heavy (non-hydrogen) atoms. The third-order valence-corrected chi connectivity index (χ3v) is 4.25. The fourth-order valence-electron chi connectivity index (χ4n) is 2.80. The summed E-state index contributed by atoms with van der Waals surface area (Å²) < 4.78 is 38.5. The quantitative estimate of drug-likeness (QED) is 0.856. The highest BCUT2D eigenvalue weighted by atomic mass is 32.1. The van der Waals surface area contributed by atoms with Crippen LogP contribution >= 0.6 is 12.2 Å². The number of nitrogens with two attached hydrogens (primary N) is 1. The third-order valence-electron chi connectivity index (χ3n) is 4.03. The average molecular weight is 316 g/mol. The Morgan fingerprint density at radius 1 is 1.43 bits per heavy atom. The van der Waals surface area contributed by atoms with Crippen LogP contribution in [0.1, 0.15) is 37.3 Å². The van der Waals surface area contributed by atoms with Crippen molar-refractivity contribution in [2.45, 2.75) is 32.4 Å². The molecule has 1 aliphatic heterocycles. The van der Waals surface area contributed by atoms with Crippen LogP contribution in [-0.4, -0.2) is 18.1 Å². The molecule has 1 aliphatic rings. The summed E-state index contributed by atoms with van der Waals surface area (Å²) in [5.41, 5.74) is 5.96. The zero-order valence-corrected chi connectivity index (χ0v) is 12.7. The van der Waals surface area contributed by atoms with Gasteiger partial charge in [0.05, 0.1) is 5.56 Å². The average Bonchev–Trinajstić information content (AvgIpc) is 2.45. The van der Waals surface area contributed by atoms with Crippen LogP contribution < -0.4 is 10.6 Å². The minimum atomic E-state index is -4.38. The molecule has 0 radical (unpaired) electrons. The van der Waals surface area contributed by atoms with Gasteiger partial charge in [-0.05, 0) is 37.0 Å². The Morgan fingerprint density at radius 3 is 2.71 bits per heavy atom. The monoisotopic (exact) mass is 316 g/mol. The molecule has 0 aromatic heterocycles. The molecule has 0 aliphatic carbocycles. The van der Waals surface area contributed by atoms with Crippen molar-refractivity contribution in [1.82, 2.24) is 0 Å². The maximum absolute atomic E-state index is 12.8. The fraction of sp³-hybridized carbons (Fsp3) is 0.533. The molecule has 2 N–H and O–H groups in total. The number of alkyl halides is 3. The standard InChI is InChI=1S/C15H19F3N2S/c1-2-10-4-3-7-20(9-10)13-6-5-11(15(16,17)18)8-12(13)14(19)21/h5-6,8,10H,2-4,7,9H2,1H3,(H2,19,21). The van der Waals surface area contributed by atoms with Crippen molar-refractivity contribution in [3.8, 4) is 0 Å². The molecule has 0 spiro atoms. The highest BCUT2D eigenvalue weighted by molar-refractivity contribution is 7.80. The van der Waals surface area contributed by atoms with Crippen LogP contribution in [0.25, 0.3) is 0 Å². The SMILES string of the molecule is CCC1CCCN(c2ccc(C(F)(F)F)cc2C(N)=S)C1. The van der Waals surface area contributed by atoms with Crippen LogP contribution in [0.4, 0.5) is 18.9 Å². The van der Waals surface area contributed by atoms with Gasteiger partial charge in [-0.1, -0.05) is 25.6 Å². The lowest BCUT2D eigenvalue weighted by molar-refractivity contribution is -0.137. The summed E-state index contributed by atoms with van der Waals surface area (Å²) in [7, 11) is 0. The predicted molar refractivity (Wildman–Crippen MR) is 82.6 cm³/mol. The Kier molecular flexibility index (Phi) is 4.76. The summed E-state index contributed by atoms with van der Waals surface area (Å²) in [6.07, 6.45) is -1.11. The van der Waals surface area contributed by atoms with E-state index in [0.29, 0.717) is 17.2 Å². The lowest BCUT2D eigenvalue weighted by Gasteiger charge is -2.35. The van der Waals surface area contributed by atoms with Gasteiger partial charge in [0.2, 0.25) is 0 Å². The van der Waals surface area contributed by atoms with Crippen molar-refractivity contribution < 1.29 is 13.2 Å². The topological polar surface area (TPSA) is 29.3 Å². The predicted octanol–water partition coefficient (Wildman–Crippen LogP) is 3.97. The van der Waals surface area contributed by atoms with Gasteiger partial charge in [0.15, 0.2) is 0 Å². The summed E-state index contributed by atoms with van der Waals surface area (Å²) in [6.45, 7) is 3.81. The summed E-state index contributed by atoms with van der Waals surface area (Å²) in [4.78, 5) is 2.11. The second-order valence-electron chi connectivity index (χ2n) is 5.46. The molecule has 1 heterocycles. The second-order valence-corrected chi connectivity index (χ2v) is 5.90. The number of halogens is 3. The Morgan fingerprint density at radius 2 is 2.14 bits per heavy atom. The molecular formula is C15H19F3N2S. The molecule has 0 bridgehead atoms. The number of hydrogen-bond donors (Lipinski definition) is 1. The minimum absolute atomic E-state index is 0.00900. The molecule has 0 amide bonds. The van der Waals surface area contributed by atoms with Crippen LogP contribution in [-0.2, 0) is 6.18 Å². The van der Waals surface area contributed by atoms with Gasteiger partial charge in [0.25, 0.3) is 0 Å².